The van der Waals surface area contributed by atoms with Crippen LogP contribution in [0.3, 0.4) is 0 Å². The largest absolute Gasteiger partial charge is 0.508 e. The number of amides is 1. The number of hydrogen-bond acceptors (Lipinski definition) is 4. The van der Waals surface area contributed by atoms with Crippen LogP contribution in [0.4, 0.5) is 0 Å². The van der Waals surface area contributed by atoms with Crippen molar-refractivity contribution in [3.8, 4) is 5.75 Å². The minimum Gasteiger partial charge on any atom is -0.508 e. The second-order valence-electron chi connectivity index (χ2n) is 4.58. The molecule has 0 aromatic heterocycles. The van der Waals surface area contributed by atoms with E-state index in [0.29, 0.717) is 6.42 Å². The average molecular weight is 281 g/mol. The number of ether oxygens (including phenoxy) is 1. The van der Waals surface area contributed by atoms with Crippen molar-refractivity contribution < 1.29 is 25.2 Å². The summed E-state index contributed by atoms with van der Waals surface area (Å²) in [4.78, 5) is 23.6. The van der Waals surface area contributed by atoms with Crippen LogP contribution in [0.1, 0.15) is 19.4 Å². The fourth-order valence-corrected chi connectivity index (χ4v) is 1.62. The number of aromatic hydroxyl groups is 1. The number of carbonyl (C=O) groups excluding carboxylic acids is 2. The molecular formula is C14H21N2O4+. The molecule has 0 aliphatic rings. The molecule has 1 amide bonds. The number of phenols is 1. The molecule has 0 saturated carbocycles. The zero-order valence-electron chi connectivity index (χ0n) is 11.8. The number of nitrogens with one attached hydrogen (secondary N) is 1. The van der Waals surface area contributed by atoms with Crippen molar-refractivity contribution in [3.05, 3.63) is 29.8 Å². The van der Waals surface area contributed by atoms with Crippen LogP contribution in [0.2, 0.25) is 0 Å². The Morgan fingerprint density at radius 3 is 2.45 bits per heavy atom. The molecule has 0 spiro atoms. The molecule has 0 fully saturated rings. The van der Waals surface area contributed by atoms with Gasteiger partial charge >= 0.3 is 5.97 Å². The molecule has 0 saturated heterocycles. The Balaban J connectivity index is 2.79. The number of esters is 1. The van der Waals surface area contributed by atoms with Gasteiger partial charge < -0.3 is 20.9 Å². The Labute approximate surface area is 117 Å². The van der Waals surface area contributed by atoms with Crippen molar-refractivity contribution in [3.63, 3.8) is 0 Å². The third-order valence-electron chi connectivity index (χ3n) is 2.71. The highest BCUT2D eigenvalue weighted by Crippen LogP contribution is 2.12. The number of benzene rings is 1. The van der Waals surface area contributed by atoms with Crippen molar-refractivity contribution in [1.29, 1.82) is 0 Å². The first-order valence-electron chi connectivity index (χ1n) is 6.52. The van der Waals surface area contributed by atoms with Gasteiger partial charge in [-0.2, -0.15) is 0 Å². The van der Waals surface area contributed by atoms with E-state index >= 15 is 0 Å². The van der Waals surface area contributed by atoms with Gasteiger partial charge in [-0.25, -0.2) is 4.79 Å². The second kappa shape index (κ2) is 7.49. The van der Waals surface area contributed by atoms with E-state index in [1.165, 1.54) is 12.1 Å². The molecule has 20 heavy (non-hydrogen) atoms. The van der Waals surface area contributed by atoms with Crippen LogP contribution in [0.5, 0.6) is 5.75 Å². The highest BCUT2D eigenvalue weighted by molar-refractivity contribution is 5.86. The predicted octanol–water partition coefficient (Wildman–Crippen LogP) is -0.387. The maximum atomic E-state index is 11.9. The number of quaternary nitrogens is 1. The lowest BCUT2D eigenvalue weighted by Crippen LogP contribution is -2.67. The zero-order valence-corrected chi connectivity index (χ0v) is 11.8. The van der Waals surface area contributed by atoms with Gasteiger partial charge in [-0.05, 0) is 31.5 Å². The highest BCUT2D eigenvalue weighted by atomic mass is 16.5. The lowest BCUT2D eigenvalue weighted by atomic mass is 10.1. The molecule has 6 heteroatoms. The first-order chi connectivity index (χ1) is 9.43. The van der Waals surface area contributed by atoms with Crippen molar-refractivity contribution in [2.24, 2.45) is 0 Å². The van der Waals surface area contributed by atoms with Gasteiger partial charge in [-0.3, -0.25) is 4.79 Å². The van der Waals surface area contributed by atoms with E-state index in [9.17, 15) is 14.7 Å². The first-order valence-corrected chi connectivity index (χ1v) is 6.52. The summed E-state index contributed by atoms with van der Waals surface area (Å²) < 4.78 is 4.96. The molecule has 0 radical (unpaired) electrons. The van der Waals surface area contributed by atoms with E-state index in [2.05, 4.69) is 11.1 Å². The summed E-state index contributed by atoms with van der Waals surface area (Å²) in [6.45, 7) is 3.61. The van der Waals surface area contributed by atoms with Crippen LogP contribution in [0, 0.1) is 0 Å². The molecular weight excluding hydrogens is 260 g/mol. The van der Waals surface area contributed by atoms with Crippen LogP contribution in [-0.2, 0) is 20.7 Å². The van der Waals surface area contributed by atoms with Gasteiger partial charge in [0.05, 0.1) is 6.61 Å². The molecule has 6 nitrogen and oxygen atoms in total. The molecule has 0 aliphatic carbocycles. The Morgan fingerprint density at radius 2 is 1.95 bits per heavy atom. The highest BCUT2D eigenvalue weighted by Gasteiger charge is 2.24. The number of rotatable bonds is 6. The lowest BCUT2D eigenvalue weighted by Gasteiger charge is -2.17. The Morgan fingerprint density at radius 1 is 1.35 bits per heavy atom. The van der Waals surface area contributed by atoms with E-state index in [0.717, 1.165) is 5.56 Å². The van der Waals surface area contributed by atoms with Crippen molar-refractivity contribution in [1.82, 2.24) is 5.32 Å². The van der Waals surface area contributed by atoms with Crippen LogP contribution >= 0.6 is 0 Å². The molecule has 2 atom stereocenters. The van der Waals surface area contributed by atoms with Crippen molar-refractivity contribution >= 4 is 11.9 Å². The van der Waals surface area contributed by atoms with Gasteiger partial charge in [0.15, 0.2) is 6.04 Å². The molecule has 0 unspecified atom stereocenters. The smallest absolute Gasteiger partial charge is 0.328 e. The average Bonchev–Trinajstić information content (AvgIpc) is 2.40. The summed E-state index contributed by atoms with van der Waals surface area (Å²) in [5.74, 6) is -0.631. The molecule has 1 rings (SSSR count). The normalized spacial score (nSPS) is 13.3. The van der Waals surface area contributed by atoms with E-state index in [4.69, 9.17) is 4.74 Å². The SMILES string of the molecule is CCOC(=O)[C@H](Cc1ccc(O)cc1)NC(=O)[C@H](C)[NH3+]. The quantitative estimate of drug-likeness (QED) is 0.618. The molecule has 5 N–H and O–H groups in total. The zero-order chi connectivity index (χ0) is 15.1. The molecule has 0 aliphatic heterocycles. The third kappa shape index (κ3) is 4.89. The minimum atomic E-state index is -0.754. The Bertz CT molecular complexity index is 457. The van der Waals surface area contributed by atoms with E-state index in [-0.39, 0.29) is 18.3 Å². The van der Waals surface area contributed by atoms with Crippen LogP contribution < -0.4 is 11.1 Å². The van der Waals surface area contributed by atoms with Gasteiger partial charge in [-0.1, -0.05) is 12.1 Å². The van der Waals surface area contributed by atoms with Crippen molar-refractivity contribution in [2.75, 3.05) is 6.61 Å². The summed E-state index contributed by atoms with van der Waals surface area (Å²) in [6, 6.07) is 5.25. The van der Waals surface area contributed by atoms with E-state index in [1.54, 1.807) is 26.0 Å². The van der Waals surface area contributed by atoms with Gasteiger partial charge in [0.25, 0.3) is 5.91 Å². The summed E-state index contributed by atoms with van der Waals surface area (Å²) in [6.07, 6.45) is 0.303. The number of phenolic OH excluding ortho intramolecular Hbond substituents is 1. The fraction of sp³-hybridized carbons (Fsp3) is 0.429. The summed E-state index contributed by atoms with van der Waals surface area (Å²) >= 11 is 0. The summed E-state index contributed by atoms with van der Waals surface area (Å²) in [5, 5.41) is 11.9. The predicted molar refractivity (Wildman–Crippen MR) is 72.7 cm³/mol. The fourth-order valence-electron chi connectivity index (χ4n) is 1.62. The standard InChI is InChI=1S/C14H20N2O4/c1-3-20-14(19)12(16-13(18)9(2)15)8-10-4-6-11(17)7-5-10/h4-7,9,12,17H,3,8,15H2,1-2H3,(H,16,18)/p+1/t9-,12-/m0/s1. The summed E-state index contributed by atoms with van der Waals surface area (Å²) in [5.41, 5.74) is 4.44. The van der Waals surface area contributed by atoms with Gasteiger partial charge in [-0.15, -0.1) is 0 Å². The Hall–Kier alpha value is -2.08. The second-order valence-corrected chi connectivity index (χ2v) is 4.58. The molecule has 0 heterocycles. The first kappa shape index (κ1) is 16.0. The van der Waals surface area contributed by atoms with E-state index < -0.39 is 18.1 Å². The lowest BCUT2D eigenvalue weighted by molar-refractivity contribution is -0.398. The van der Waals surface area contributed by atoms with Gasteiger partial charge in [0.1, 0.15) is 11.8 Å². The minimum absolute atomic E-state index is 0.150. The van der Waals surface area contributed by atoms with E-state index in [1.807, 2.05) is 0 Å². The number of hydrogen-bond donors (Lipinski definition) is 3. The third-order valence-corrected chi connectivity index (χ3v) is 2.71. The maximum Gasteiger partial charge on any atom is 0.328 e. The molecule has 1 aromatic rings. The van der Waals surface area contributed by atoms with Gasteiger partial charge in [0, 0.05) is 6.42 Å². The van der Waals surface area contributed by atoms with Crippen LogP contribution in [0.15, 0.2) is 24.3 Å². The van der Waals surface area contributed by atoms with Crippen LogP contribution in [0.25, 0.3) is 0 Å². The maximum absolute atomic E-state index is 11.9. The Kier molecular flexibility index (Phi) is 5.99. The molecule has 110 valence electrons. The molecule has 0 bridgehead atoms. The number of carbonyl (C=O) groups is 2. The van der Waals surface area contributed by atoms with Crippen LogP contribution in [-0.4, -0.2) is 35.7 Å². The molecule has 1 aromatic carbocycles. The monoisotopic (exact) mass is 281 g/mol. The van der Waals surface area contributed by atoms with Crippen molar-refractivity contribution in [2.45, 2.75) is 32.4 Å². The topological polar surface area (TPSA) is 103 Å². The van der Waals surface area contributed by atoms with Gasteiger partial charge in [0.2, 0.25) is 0 Å². The summed E-state index contributed by atoms with van der Waals surface area (Å²) in [7, 11) is 0.